The molecule has 0 aliphatic heterocycles. The van der Waals surface area contributed by atoms with Crippen LogP contribution in [0.25, 0.3) is 0 Å². The third-order valence-corrected chi connectivity index (χ3v) is 2.16. The van der Waals surface area contributed by atoms with Crippen LogP contribution in [-0.2, 0) is 0 Å². The molecule has 0 spiro atoms. The summed E-state index contributed by atoms with van der Waals surface area (Å²) in [5.41, 5.74) is 1.35. The van der Waals surface area contributed by atoms with Crippen LogP contribution < -0.4 is 0 Å². The van der Waals surface area contributed by atoms with Gasteiger partial charge in [0.2, 0.25) is 0 Å². The van der Waals surface area contributed by atoms with Gasteiger partial charge in [0.1, 0.15) is 0 Å². The van der Waals surface area contributed by atoms with Crippen molar-refractivity contribution in [1.82, 2.24) is 4.90 Å². The monoisotopic (exact) mass is 227 g/mol. The molecule has 0 aromatic carbocycles. The third-order valence-electron chi connectivity index (χ3n) is 1.60. The molecular formula is C10H14BrN. The maximum Gasteiger partial charge on any atom is 0.0227 e. The van der Waals surface area contributed by atoms with E-state index in [1.165, 1.54) is 10.1 Å². The molecule has 0 saturated carbocycles. The van der Waals surface area contributed by atoms with E-state index in [2.05, 4.69) is 59.2 Å². The summed E-state index contributed by atoms with van der Waals surface area (Å²) in [6, 6.07) is 0. The van der Waals surface area contributed by atoms with Gasteiger partial charge < -0.3 is 4.90 Å². The molecule has 0 radical (unpaired) electrons. The van der Waals surface area contributed by atoms with Crippen LogP contribution >= 0.6 is 15.9 Å². The van der Waals surface area contributed by atoms with Gasteiger partial charge in [-0.1, -0.05) is 34.2 Å². The van der Waals surface area contributed by atoms with Crippen molar-refractivity contribution in [3.05, 3.63) is 34.4 Å². The van der Waals surface area contributed by atoms with Gasteiger partial charge in [0, 0.05) is 11.0 Å². The van der Waals surface area contributed by atoms with Crippen LogP contribution in [0.1, 0.15) is 6.42 Å². The van der Waals surface area contributed by atoms with E-state index in [4.69, 9.17) is 0 Å². The van der Waals surface area contributed by atoms with E-state index in [1.807, 2.05) is 0 Å². The van der Waals surface area contributed by atoms with Gasteiger partial charge in [-0.05, 0) is 32.2 Å². The lowest BCUT2D eigenvalue weighted by Crippen LogP contribution is -2.14. The number of nitrogens with zero attached hydrogens (tertiary/aromatic N) is 1. The van der Waals surface area contributed by atoms with E-state index in [9.17, 15) is 0 Å². The van der Waals surface area contributed by atoms with E-state index in [0.29, 0.717) is 0 Å². The predicted octanol–water partition coefficient (Wildman–Crippen LogP) is 2.71. The molecule has 0 N–H and O–H groups in total. The van der Waals surface area contributed by atoms with Crippen LogP contribution in [0.15, 0.2) is 34.4 Å². The molecule has 1 rings (SSSR count). The van der Waals surface area contributed by atoms with Gasteiger partial charge >= 0.3 is 0 Å². The molecule has 0 unspecified atom stereocenters. The topological polar surface area (TPSA) is 3.24 Å². The Bertz CT molecular complexity index is 236. The summed E-state index contributed by atoms with van der Waals surface area (Å²) in [6.45, 7) is 0.999. The Hall–Kier alpha value is -0.340. The number of likely N-dealkylation sites (N-methyl/N-ethyl adjacent to an activating group) is 1. The lowest BCUT2D eigenvalue weighted by molar-refractivity contribution is 0.449. The average molecular weight is 228 g/mol. The SMILES string of the molecule is CN(C)CC1=CC(Br)=CCC=C1. The highest BCUT2D eigenvalue weighted by molar-refractivity contribution is 9.11. The van der Waals surface area contributed by atoms with E-state index >= 15 is 0 Å². The van der Waals surface area contributed by atoms with Crippen molar-refractivity contribution >= 4 is 15.9 Å². The number of allylic oxidation sites excluding steroid dienone is 4. The standard InChI is InChI=1S/C10H14BrN/c1-12(2)8-9-5-3-4-6-10(11)7-9/h3,5-7H,4,8H2,1-2H3. The van der Waals surface area contributed by atoms with Crippen molar-refractivity contribution < 1.29 is 0 Å². The Balaban J connectivity index is 2.67. The highest BCUT2D eigenvalue weighted by Gasteiger charge is 1.98. The Morgan fingerprint density at radius 2 is 2.25 bits per heavy atom. The summed E-state index contributed by atoms with van der Waals surface area (Å²) in [5.74, 6) is 0. The summed E-state index contributed by atoms with van der Waals surface area (Å²) in [6.07, 6.45) is 9.73. The molecular weight excluding hydrogens is 214 g/mol. The number of rotatable bonds is 2. The molecule has 0 saturated heterocycles. The van der Waals surface area contributed by atoms with E-state index in [0.717, 1.165) is 13.0 Å². The second-order valence-corrected chi connectivity index (χ2v) is 4.10. The molecule has 0 bridgehead atoms. The Morgan fingerprint density at radius 1 is 1.50 bits per heavy atom. The largest absolute Gasteiger partial charge is 0.305 e. The zero-order valence-electron chi connectivity index (χ0n) is 7.55. The van der Waals surface area contributed by atoms with Gasteiger partial charge in [-0.3, -0.25) is 0 Å². The van der Waals surface area contributed by atoms with E-state index in [-0.39, 0.29) is 0 Å². The molecule has 0 aromatic rings. The molecule has 0 amide bonds. The smallest absolute Gasteiger partial charge is 0.0227 e. The fourth-order valence-corrected chi connectivity index (χ4v) is 1.63. The van der Waals surface area contributed by atoms with Crippen molar-refractivity contribution in [3.8, 4) is 0 Å². The van der Waals surface area contributed by atoms with Crippen LogP contribution in [0.2, 0.25) is 0 Å². The minimum Gasteiger partial charge on any atom is -0.305 e. The van der Waals surface area contributed by atoms with Crippen molar-refractivity contribution in [2.45, 2.75) is 6.42 Å². The minimum absolute atomic E-state index is 0.999. The first-order valence-corrected chi connectivity index (χ1v) is 4.85. The molecule has 0 aromatic heterocycles. The van der Waals surface area contributed by atoms with Gasteiger partial charge in [-0.15, -0.1) is 0 Å². The predicted molar refractivity (Wildman–Crippen MR) is 57.4 cm³/mol. The second kappa shape index (κ2) is 4.63. The van der Waals surface area contributed by atoms with E-state index in [1.54, 1.807) is 0 Å². The maximum absolute atomic E-state index is 3.49. The van der Waals surface area contributed by atoms with Crippen molar-refractivity contribution in [3.63, 3.8) is 0 Å². The van der Waals surface area contributed by atoms with Gasteiger partial charge in [-0.25, -0.2) is 0 Å². The molecule has 66 valence electrons. The van der Waals surface area contributed by atoms with Crippen LogP contribution in [-0.4, -0.2) is 25.5 Å². The average Bonchev–Trinajstić information content (AvgIpc) is 2.12. The van der Waals surface area contributed by atoms with Crippen LogP contribution in [0.5, 0.6) is 0 Å². The fourth-order valence-electron chi connectivity index (χ4n) is 1.15. The maximum atomic E-state index is 3.49. The molecule has 1 aliphatic rings. The van der Waals surface area contributed by atoms with Gasteiger partial charge in [0.05, 0.1) is 0 Å². The summed E-state index contributed by atoms with van der Waals surface area (Å²) >= 11 is 3.49. The molecule has 1 nitrogen and oxygen atoms in total. The minimum atomic E-state index is 0.999. The number of hydrogen-bond acceptors (Lipinski definition) is 1. The molecule has 0 atom stereocenters. The van der Waals surface area contributed by atoms with E-state index < -0.39 is 0 Å². The highest BCUT2D eigenvalue weighted by atomic mass is 79.9. The Morgan fingerprint density at radius 3 is 2.92 bits per heavy atom. The summed E-state index contributed by atoms with van der Waals surface area (Å²) in [7, 11) is 4.16. The van der Waals surface area contributed by atoms with Crippen molar-refractivity contribution in [1.29, 1.82) is 0 Å². The van der Waals surface area contributed by atoms with Crippen LogP contribution in [0.4, 0.5) is 0 Å². The van der Waals surface area contributed by atoms with Crippen LogP contribution in [0.3, 0.4) is 0 Å². The fraction of sp³-hybridized carbons (Fsp3) is 0.400. The van der Waals surface area contributed by atoms with Gasteiger partial charge in [-0.2, -0.15) is 0 Å². The van der Waals surface area contributed by atoms with Gasteiger partial charge in [0.15, 0.2) is 0 Å². The normalized spacial score (nSPS) is 17.3. The molecule has 0 fully saturated rings. The number of halogens is 1. The molecule has 1 aliphatic carbocycles. The zero-order valence-corrected chi connectivity index (χ0v) is 9.13. The Labute approximate surface area is 82.6 Å². The number of hydrogen-bond donors (Lipinski definition) is 0. The third kappa shape index (κ3) is 3.37. The van der Waals surface area contributed by atoms with Crippen molar-refractivity contribution in [2.24, 2.45) is 0 Å². The lowest BCUT2D eigenvalue weighted by Gasteiger charge is -2.09. The zero-order chi connectivity index (χ0) is 8.97. The summed E-state index contributed by atoms with van der Waals surface area (Å²) in [5, 5.41) is 0. The van der Waals surface area contributed by atoms with Gasteiger partial charge in [0.25, 0.3) is 0 Å². The lowest BCUT2D eigenvalue weighted by atomic mass is 10.2. The first-order valence-electron chi connectivity index (χ1n) is 4.06. The Kier molecular flexibility index (Phi) is 3.76. The van der Waals surface area contributed by atoms with Crippen LogP contribution in [0, 0.1) is 0 Å². The second-order valence-electron chi connectivity index (χ2n) is 3.18. The quantitative estimate of drug-likeness (QED) is 0.702. The molecule has 2 heteroatoms. The summed E-state index contributed by atoms with van der Waals surface area (Å²) < 4.78 is 1.18. The van der Waals surface area contributed by atoms with Crippen molar-refractivity contribution in [2.75, 3.05) is 20.6 Å². The highest BCUT2D eigenvalue weighted by Crippen LogP contribution is 2.16. The first-order chi connectivity index (χ1) is 5.68. The molecule has 12 heavy (non-hydrogen) atoms. The first kappa shape index (κ1) is 9.75. The molecule has 0 heterocycles. The summed E-state index contributed by atoms with van der Waals surface area (Å²) in [4.78, 5) is 2.17.